The third-order valence-corrected chi connectivity index (χ3v) is 4.28. The summed E-state index contributed by atoms with van der Waals surface area (Å²) in [4.78, 5) is 4.40. The number of aromatic nitrogens is 3. The fourth-order valence-electron chi connectivity index (χ4n) is 3.15. The van der Waals surface area contributed by atoms with E-state index in [-0.39, 0.29) is 0 Å². The number of rotatable bonds is 5. The summed E-state index contributed by atoms with van der Waals surface area (Å²) < 4.78 is 1.83. The second kappa shape index (κ2) is 5.89. The summed E-state index contributed by atoms with van der Waals surface area (Å²) in [5, 5.41) is 17.2. The maximum absolute atomic E-state index is 9.32. The number of fused-ring (bicyclic) bond motifs is 1. The lowest BCUT2D eigenvalue weighted by atomic mass is 9.97. The number of aliphatic hydroxyl groups excluding tert-OH is 1. The molecule has 3 rings (SSSR count). The molecule has 5 heteroatoms. The van der Waals surface area contributed by atoms with Crippen molar-refractivity contribution >= 4 is 5.65 Å². The molecule has 2 atom stereocenters. The topological polar surface area (TPSA) is 62.5 Å². The summed E-state index contributed by atoms with van der Waals surface area (Å²) in [6.45, 7) is 4.08. The van der Waals surface area contributed by atoms with E-state index in [1.165, 1.54) is 19.3 Å². The maximum Gasteiger partial charge on any atom is 0.155 e. The minimum absolute atomic E-state index is 0.326. The van der Waals surface area contributed by atoms with Crippen molar-refractivity contribution in [1.82, 2.24) is 19.9 Å². The fraction of sp³-hybridized carbons (Fsp3) is 0.600. The molecule has 2 unspecified atom stereocenters. The van der Waals surface area contributed by atoms with E-state index in [9.17, 15) is 5.11 Å². The van der Waals surface area contributed by atoms with Crippen LogP contribution >= 0.6 is 0 Å². The Balaban J connectivity index is 1.56. The standard InChI is InChI=1S/C15H22N4O/c1-11-5-15-17-7-12(9-19(15)18-11)6-16-8-13-3-2-4-14(13)10-20/h5,7,9,13-14,16,20H,2-4,6,8,10H2,1H3. The van der Waals surface area contributed by atoms with E-state index < -0.39 is 0 Å². The minimum atomic E-state index is 0.326. The zero-order chi connectivity index (χ0) is 13.9. The first-order valence-electron chi connectivity index (χ1n) is 7.39. The Hall–Kier alpha value is -1.46. The van der Waals surface area contributed by atoms with E-state index in [4.69, 9.17) is 0 Å². The Kier molecular flexibility index (Phi) is 3.98. The van der Waals surface area contributed by atoms with Crippen LogP contribution in [0.4, 0.5) is 0 Å². The zero-order valence-corrected chi connectivity index (χ0v) is 11.9. The van der Waals surface area contributed by atoms with Crippen molar-refractivity contribution in [1.29, 1.82) is 0 Å². The van der Waals surface area contributed by atoms with E-state index >= 15 is 0 Å². The molecule has 0 spiro atoms. The molecule has 5 nitrogen and oxygen atoms in total. The first-order valence-corrected chi connectivity index (χ1v) is 7.39. The molecule has 1 aliphatic carbocycles. The molecule has 1 fully saturated rings. The van der Waals surface area contributed by atoms with Crippen LogP contribution in [0.2, 0.25) is 0 Å². The van der Waals surface area contributed by atoms with Gasteiger partial charge in [-0.1, -0.05) is 6.42 Å². The maximum atomic E-state index is 9.32. The van der Waals surface area contributed by atoms with Crippen LogP contribution in [0.1, 0.15) is 30.5 Å². The summed E-state index contributed by atoms with van der Waals surface area (Å²) in [7, 11) is 0. The number of hydrogen-bond acceptors (Lipinski definition) is 4. The predicted molar refractivity (Wildman–Crippen MR) is 77.3 cm³/mol. The van der Waals surface area contributed by atoms with Gasteiger partial charge < -0.3 is 10.4 Å². The highest BCUT2D eigenvalue weighted by Gasteiger charge is 2.25. The molecule has 0 saturated heterocycles. The van der Waals surface area contributed by atoms with Gasteiger partial charge in [-0.15, -0.1) is 0 Å². The molecule has 1 aliphatic rings. The normalized spacial score (nSPS) is 22.7. The molecule has 2 heterocycles. The molecule has 0 amide bonds. The molecule has 0 radical (unpaired) electrons. The fourth-order valence-corrected chi connectivity index (χ4v) is 3.15. The van der Waals surface area contributed by atoms with Crippen molar-refractivity contribution in [2.75, 3.05) is 13.2 Å². The van der Waals surface area contributed by atoms with Crippen molar-refractivity contribution in [3.63, 3.8) is 0 Å². The molecule has 108 valence electrons. The van der Waals surface area contributed by atoms with Crippen LogP contribution in [-0.4, -0.2) is 32.9 Å². The van der Waals surface area contributed by atoms with Gasteiger partial charge in [-0.3, -0.25) is 0 Å². The van der Waals surface area contributed by atoms with Gasteiger partial charge in [0.1, 0.15) is 0 Å². The largest absolute Gasteiger partial charge is 0.396 e. The summed E-state index contributed by atoms with van der Waals surface area (Å²) in [6.07, 6.45) is 7.58. The predicted octanol–water partition coefficient (Wildman–Crippen LogP) is 1.54. The second-order valence-corrected chi connectivity index (χ2v) is 5.82. The van der Waals surface area contributed by atoms with Crippen LogP contribution in [0, 0.1) is 18.8 Å². The highest BCUT2D eigenvalue weighted by molar-refractivity contribution is 5.38. The van der Waals surface area contributed by atoms with E-state index in [0.29, 0.717) is 18.4 Å². The van der Waals surface area contributed by atoms with Crippen molar-refractivity contribution in [2.45, 2.75) is 32.7 Å². The van der Waals surface area contributed by atoms with E-state index in [2.05, 4.69) is 15.4 Å². The van der Waals surface area contributed by atoms with Crippen molar-refractivity contribution in [3.8, 4) is 0 Å². The third kappa shape index (κ3) is 2.83. The molecule has 0 aliphatic heterocycles. The highest BCUT2D eigenvalue weighted by atomic mass is 16.3. The average Bonchev–Trinajstić information content (AvgIpc) is 3.03. The minimum Gasteiger partial charge on any atom is -0.396 e. The summed E-state index contributed by atoms with van der Waals surface area (Å²) in [6, 6.07) is 1.97. The monoisotopic (exact) mass is 274 g/mol. The van der Waals surface area contributed by atoms with Gasteiger partial charge in [-0.25, -0.2) is 9.50 Å². The Morgan fingerprint density at radius 1 is 1.40 bits per heavy atom. The molecule has 2 aromatic rings. The van der Waals surface area contributed by atoms with Gasteiger partial charge in [-0.2, -0.15) is 5.10 Å². The van der Waals surface area contributed by atoms with Crippen molar-refractivity contribution < 1.29 is 5.11 Å². The van der Waals surface area contributed by atoms with Gasteiger partial charge in [0.15, 0.2) is 5.65 Å². The zero-order valence-electron chi connectivity index (χ0n) is 11.9. The van der Waals surface area contributed by atoms with E-state index in [1.807, 2.05) is 29.9 Å². The number of aliphatic hydroxyl groups is 1. The molecular weight excluding hydrogens is 252 g/mol. The van der Waals surface area contributed by atoms with Crippen molar-refractivity contribution in [2.24, 2.45) is 11.8 Å². The van der Waals surface area contributed by atoms with Gasteiger partial charge in [-0.05, 0) is 38.1 Å². The van der Waals surface area contributed by atoms with Gasteiger partial charge in [0.25, 0.3) is 0 Å². The highest BCUT2D eigenvalue weighted by Crippen LogP contribution is 2.30. The molecule has 1 saturated carbocycles. The Labute approximate surface area is 119 Å². The molecule has 2 N–H and O–H groups in total. The first-order chi connectivity index (χ1) is 9.76. The Morgan fingerprint density at radius 2 is 2.25 bits per heavy atom. The van der Waals surface area contributed by atoms with Gasteiger partial charge in [0.05, 0.1) is 5.69 Å². The third-order valence-electron chi connectivity index (χ3n) is 4.28. The van der Waals surface area contributed by atoms with Crippen LogP contribution in [0.5, 0.6) is 0 Å². The first kappa shape index (κ1) is 13.5. The average molecular weight is 274 g/mol. The second-order valence-electron chi connectivity index (χ2n) is 5.82. The molecule has 0 bridgehead atoms. The summed E-state index contributed by atoms with van der Waals surface area (Å²) >= 11 is 0. The molecule has 2 aromatic heterocycles. The van der Waals surface area contributed by atoms with Gasteiger partial charge >= 0.3 is 0 Å². The summed E-state index contributed by atoms with van der Waals surface area (Å²) in [5.74, 6) is 1.10. The van der Waals surface area contributed by atoms with Crippen LogP contribution < -0.4 is 5.32 Å². The van der Waals surface area contributed by atoms with Crippen LogP contribution in [0.3, 0.4) is 0 Å². The summed E-state index contributed by atoms with van der Waals surface area (Å²) in [5.41, 5.74) is 3.01. The van der Waals surface area contributed by atoms with Crippen molar-refractivity contribution in [3.05, 3.63) is 29.7 Å². The lowest BCUT2D eigenvalue weighted by molar-refractivity contribution is 0.192. The Bertz CT molecular complexity index is 580. The lowest BCUT2D eigenvalue weighted by Crippen LogP contribution is -2.26. The quantitative estimate of drug-likeness (QED) is 0.868. The van der Waals surface area contributed by atoms with E-state index in [0.717, 1.165) is 30.0 Å². The SMILES string of the molecule is Cc1cc2ncc(CNCC3CCCC3CO)cn2n1. The van der Waals surface area contributed by atoms with Crippen LogP contribution in [0.25, 0.3) is 5.65 Å². The van der Waals surface area contributed by atoms with Crippen LogP contribution in [-0.2, 0) is 6.54 Å². The Morgan fingerprint density at radius 3 is 3.10 bits per heavy atom. The lowest BCUT2D eigenvalue weighted by Gasteiger charge is -2.17. The number of nitrogens with one attached hydrogen (secondary N) is 1. The van der Waals surface area contributed by atoms with Crippen LogP contribution in [0.15, 0.2) is 18.5 Å². The smallest absolute Gasteiger partial charge is 0.155 e. The number of aryl methyl sites for hydroxylation is 1. The van der Waals surface area contributed by atoms with Gasteiger partial charge in [0.2, 0.25) is 0 Å². The molecule has 0 aromatic carbocycles. The van der Waals surface area contributed by atoms with Gasteiger partial charge in [0, 0.05) is 37.2 Å². The molecule has 20 heavy (non-hydrogen) atoms. The number of hydrogen-bond donors (Lipinski definition) is 2. The van der Waals surface area contributed by atoms with E-state index in [1.54, 1.807) is 0 Å². The molecular formula is C15H22N4O. The number of nitrogens with zero attached hydrogens (tertiary/aromatic N) is 3.